The van der Waals surface area contributed by atoms with E-state index in [9.17, 15) is 6.30 Å². The summed E-state index contributed by atoms with van der Waals surface area (Å²) in [5.74, 6) is 1.51. The number of nitrogens with one attached hydrogen (secondary N) is 3. The number of amidine groups is 1. The van der Waals surface area contributed by atoms with Crippen molar-refractivity contribution in [2.24, 2.45) is 0 Å². The topological polar surface area (TPSA) is 83.9 Å². The van der Waals surface area contributed by atoms with Crippen LogP contribution in [0.5, 0.6) is 0 Å². The molecule has 3 aromatic rings. The monoisotopic (exact) mass is 709 g/mol. The molecule has 2 aliphatic rings. The van der Waals surface area contributed by atoms with Crippen LogP contribution in [-0.2, 0) is 11.8 Å². The summed E-state index contributed by atoms with van der Waals surface area (Å²) in [6.07, 6.45) is 10.8. The second-order valence-electron chi connectivity index (χ2n) is 8.88. The molecule has 0 unspecified atom stereocenters. The predicted octanol–water partition coefficient (Wildman–Crippen LogP) is 4.80. The molecule has 185 valence electrons. The number of aromatic amines is 1. The Hall–Kier alpha value is -2.35. The standard InChI is InChI=1S/C24H28N7.3FH.U/c1-30(2)27-14-10-21(25)31-15-4-6-17-16-18(8-9-20(17)31)24(11-5-12-24)23-28-19-7-3-13-26-22(19)29-23;;;;/h7-10,13-14,16,25,27H,4-6,11-12,15H2,1-2H3,(H,26,28,29);3*1H;/q-1;;;;+3/p-3/b14-10+,25-21?;;;;. The number of rotatable bonds is 5. The average molecular weight is 710 g/mol. The second-order valence-corrected chi connectivity index (χ2v) is 10.7. The molecule has 2 aromatic heterocycles. The molecule has 1 aliphatic carbocycles. The summed E-state index contributed by atoms with van der Waals surface area (Å²) in [5, 5.41) is 10.4. The number of hydrogen-bond acceptors (Lipinski definition) is 5. The Bertz CT molecular complexity index is 1170. The molecule has 0 atom stereocenters. The second kappa shape index (κ2) is 11.1. The Kier molecular flexibility index (Phi) is 8.20. The maximum atomic E-state index is 9.89. The van der Waals surface area contributed by atoms with Crippen LogP contribution in [0.25, 0.3) is 11.2 Å². The molecule has 1 fully saturated rings. The molecular weight excluding hydrogens is 681 g/mol. The van der Waals surface area contributed by atoms with Gasteiger partial charge in [0, 0.05) is 32.5 Å². The molecule has 5 rings (SSSR count). The zero-order valence-electron chi connectivity index (χ0n) is 19.7. The van der Waals surface area contributed by atoms with Gasteiger partial charge in [0.05, 0.1) is 11.1 Å². The molecule has 0 bridgehead atoms. The van der Waals surface area contributed by atoms with Crippen LogP contribution in [0.3, 0.4) is 0 Å². The van der Waals surface area contributed by atoms with E-state index in [0.717, 1.165) is 54.9 Å². The number of aryl methyl sites for hydroxylation is 1. The molecule has 1 aromatic carbocycles. The van der Waals surface area contributed by atoms with Crippen molar-refractivity contribution >= 4 is 22.7 Å². The van der Waals surface area contributed by atoms with E-state index in [2.05, 4.69) is 44.6 Å². The van der Waals surface area contributed by atoms with Crippen LogP contribution in [0, 0.1) is 39.6 Å². The van der Waals surface area contributed by atoms with Crippen molar-refractivity contribution in [1.29, 1.82) is 5.41 Å². The van der Waals surface area contributed by atoms with E-state index in [-0.39, 0.29) is 5.41 Å². The van der Waals surface area contributed by atoms with E-state index >= 15 is 0 Å². The summed E-state index contributed by atoms with van der Waals surface area (Å²) in [7, 11) is 3.86. The number of nitrogens with zero attached hydrogens (tertiary/aromatic N) is 4. The molecule has 0 radical (unpaired) electrons. The van der Waals surface area contributed by atoms with Crippen LogP contribution in [0.4, 0.5) is 12.0 Å². The van der Waals surface area contributed by atoms with Crippen LogP contribution in [0.2, 0.25) is 0 Å². The van der Waals surface area contributed by atoms with Crippen molar-refractivity contribution in [3.8, 4) is 0 Å². The van der Waals surface area contributed by atoms with Crippen LogP contribution in [0.1, 0.15) is 42.6 Å². The number of hydrazine groups is 1. The van der Waals surface area contributed by atoms with Gasteiger partial charge in [-0.15, -0.1) is 0 Å². The third-order valence-corrected chi connectivity index (χ3v) is 6.48. The third kappa shape index (κ3) is 5.74. The predicted molar refractivity (Wildman–Crippen MR) is 126 cm³/mol. The van der Waals surface area contributed by atoms with Crippen molar-refractivity contribution < 1.29 is 34.4 Å². The summed E-state index contributed by atoms with van der Waals surface area (Å²) < 4.78 is 29.7. The number of benzene rings is 1. The van der Waals surface area contributed by atoms with Gasteiger partial charge in [0.1, 0.15) is 11.7 Å². The Labute approximate surface area is 215 Å². The first-order chi connectivity index (χ1) is 16.8. The van der Waals surface area contributed by atoms with E-state index in [0.29, 0.717) is 5.84 Å². The number of imidazole rings is 1. The SMILES string of the molecule is CN(C)N/C=C/C(=N)N1CCCc2cc(C3(c4nc5nc[c-]cc5[nH]4)CCC3)ccc21.[F][U]([F])[F]. The quantitative estimate of drug-likeness (QED) is 0.154. The first-order valence-electron chi connectivity index (χ1n) is 11.5. The number of aromatic nitrogens is 3. The van der Waals surface area contributed by atoms with E-state index < -0.39 is 28.1 Å². The summed E-state index contributed by atoms with van der Waals surface area (Å²) in [6, 6.07) is 11.7. The van der Waals surface area contributed by atoms with Gasteiger partial charge in [-0.05, 0) is 49.0 Å². The molecule has 3 heterocycles. The molecule has 3 N–H and O–H groups in total. The summed E-state index contributed by atoms with van der Waals surface area (Å²) in [5.41, 5.74) is 8.49. The fourth-order valence-corrected chi connectivity index (χ4v) is 4.72. The Morgan fingerprint density at radius 3 is 2.71 bits per heavy atom. The zero-order valence-corrected chi connectivity index (χ0v) is 23.9. The van der Waals surface area contributed by atoms with Gasteiger partial charge in [-0.1, -0.05) is 30.3 Å². The fourth-order valence-electron chi connectivity index (χ4n) is 4.72. The molecule has 0 spiro atoms. The maximum absolute atomic E-state index is 9.89. The number of halogens is 3. The summed E-state index contributed by atoms with van der Waals surface area (Å²) >= 11 is -5.23. The number of fused-ring (bicyclic) bond motifs is 2. The Morgan fingerprint density at radius 2 is 2.06 bits per heavy atom. The van der Waals surface area contributed by atoms with Crippen LogP contribution < -0.4 is 10.3 Å². The van der Waals surface area contributed by atoms with Gasteiger partial charge in [0.15, 0.2) is 0 Å². The van der Waals surface area contributed by atoms with Gasteiger partial charge < -0.3 is 15.3 Å². The normalized spacial score (nSPS) is 16.5. The molecule has 1 saturated carbocycles. The van der Waals surface area contributed by atoms with Crippen LogP contribution in [0.15, 0.2) is 42.7 Å². The average Bonchev–Trinajstić information content (AvgIpc) is 3.21. The van der Waals surface area contributed by atoms with Crippen molar-refractivity contribution in [3.63, 3.8) is 0 Å². The number of hydrogen-bond donors (Lipinski definition) is 3. The molecule has 0 amide bonds. The Balaban J connectivity index is 0.000000672. The molecule has 1 aliphatic heterocycles. The minimum atomic E-state index is -5.23. The van der Waals surface area contributed by atoms with Gasteiger partial charge in [0.25, 0.3) is 0 Å². The van der Waals surface area contributed by atoms with Crippen LogP contribution >= 0.6 is 0 Å². The van der Waals surface area contributed by atoms with Crippen molar-refractivity contribution in [2.45, 2.75) is 37.5 Å². The van der Waals surface area contributed by atoms with Gasteiger partial charge >= 0.3 is 34.4 Å². The van der Waals surface area contributed by atoms with Crippen molar-refractivity contribution in [2.75, 3.05) is 25.5 Å². The number of H-pyrrole nitrogens is 1. The van der Waals surface area contributed by atoms with Gasteiger partial charge in [-0.25, -0.2) is 22.1 Å². The van der Waals surface area contributed by atoms with Crippen molar-refractivity contribution in [1.82, 2.24) is 25.4 Å². The first-order valence-corrected chi connectivity index (χ1v) is 16.2. The fraction of sp³-hybridized carbons (Fsp3) is 0.375. The van der Waals surface area contributed by atoms with Gasteiger partial charge in [-0.3, -0.25) is 10.4 Å². The first kappa shape index (κ1) is 25.7. The molecule has 7 nitrogen and oxygen atoms in total. The van der Waals surface area contributed by atoms with E-state index in [1.807, 2.05) is 31.2 Å². The zero-order chi connectivity index (χ0) is 25.0. The summed E-state index contributed by atoms with van der Waals surface area (Å²) in [4.78, 5) is 14.8. The Morgan fingerprint density at radius 1 is 1.29 bits per heavy atom. The van der Waals surface area contributed by atoms with E-state index in [1.165, 1.54) is 17.5 Å². The molecule has 0 saturated heterocycles. The number of anilines is 1. The van der Waals surface area contributed by atoms with E-state index in [1.54, 1.807) is 12.4 Å². The van der Waals surface area contributed by atoms with Gasteiger partial charge in [-0.2, -0.15) is 0 Å². The van der Waals surface area contributed by atoms with Crippen molar-refractivity contribution in [3.05, 3.63) is 65.8 Å². The minimum absolute atomic E-state index is 0.0684. The van der Waals surface area contributed by atoms with Crippen LogP contribution in [-0.4, -0.2) is 46.4 Å². The van der Waals surface area contributed by atoms with Gasteiger partial charge in [0.2, 0.25) is 0 Å². The summed E-state index contributed by atoms with van der Waals surface area (Å²) in [6.45, 7) is 0.869. The molecule has 35 heavy (non-hydrogen) atoms. The molecular formula is C24H28F3N7U-. The third-order valence-electron chi connectivity index (χ3n) is 6.48. The molecule has 11 heteroatoms. The number of pyridine rings is 1. The van der Waals surface area contributed by atoms with E-state index in [4.69, 9.17) is 10.4 Å².